The summed E-state index contributed by atoms with van der Waals surface area (Å²) in [5.41, 5.74) is 13.0. The standard InChI is InChI=1S/C68H63Cl4N5O6.CH2O2/c1-5-12-45-21-47(30-74-28-45)38-80-65-26-67(63(72)24-52(65)34-77-36-58(59(37-77)68(78)79)56-16-7-9-20-61(56)70)83-41-50-14-11-18-54(44(50)4)53-17-10-13-49(43(53)3)40-82-66-25-64(81-39-48-22-46(27-73)29-75-31-48)51(23-62(66)71)33-76-32-42(2)57(35-76)55-15-6-8-19-60(55)69;2-1-3/h5-11,13-26,28-31,42,57-59H,1,12,32-41H2,2-4H3,(H,78,79);1H,(H,2,3). The van der Waals surface area contributed by atoms with Crippen LogP contribution >= 0.6 is 46.4 Å². The molecule has 2 aliphatic heterocycles. The largest absolute Gasteiger partial charge is 0.488 e. The molecule has 0 saturated carbocycles. The van der Waals surface area contributed by atoms with E-state index in [9.17, 15) is 15.2 Å². The molecule has 2 N–H and O–H groups in total. The van der Waals surface area contributed by atoms with Gasteiger partial charge in [0, 0.05) is 120 Å². The summed E-state index contributed by atoms with van der Waals surface area (Å²) >= 11 is 27.5. The third-order valence-corrected chi connectivity index (χ3v) is 17.2. The normalized spacial score (nSPS) is 16.6. The molecule has 17 heteroatoms. The molecule has 0 bridgehead atoms. The molecule has 2 fully saturated rings. The van der Waals surface area contributed by atoms with Gasteiger partial charge >= 0.3 is 5.97 Å². The molecular formula is C69H65Cl4N5O8. The van der Waals surface area contributed by atoms with Gasteiger partial charge in [0.1, 0.15) is 55.5 Å². The van der Waals surface area contributed by atoms with E-state index in [0.29, 0.717) is 82.1 Å². The third kappa shape index (κ3) is 15.4. The van der Waals surface area contributed by atoms with E-state index in [2.05, 4.69) is 83.5 Å². The smallest absolute Gasteiger partial charge is 0.308 e. The average Bonchev–Trinajstić information content (AvgIpc) is 4.02. The number of carboxylic acids is 1. The second kappa shape index (κ2) is 29.4. The second-order valence-corrected chi connectivity index (χ2v) is 23.3. The fraction of sp³-hybridized carbons (Fsp3) is 0.261. The number of ether oxygens (including phenoxy) is 4. The first-order chi connectivity index (χ1) is 41.6. The molecule has 442 valence electrons. The van der Waals surface area contributed by atoms with Crippen molar-refractivity contribution in [3.8, 4) is 40.2 Å². The van der Waals surface area contributed by atoms with Gasteiger partial charge in [-0.3, -0.25) is 29.4 Å². The number of nitrogens with zero attached hydrogens (tertiary/aromatic N) is 5. The Labute approximate surface area is 521 Å². The number of carboxylic acid groups (broad SMARTS) is 2. The predicted octanol–water partition coefficient (Wildman–Crippen LogP) is 15.5. The van der Waals surface area contributed by atoms with Crippen molar-refractivity contribution in [2.24, 2.45) is 11.8 Å². The maximum absolute atomic E-state index is 12.6. The Bertz CT molecular complexity index is 3780. The minimum atomic E-state index is -0.869. The van der Waals surface area contributed by atoms with Crippen molar-refractivity contribution in [1.82, 2.24) is 19.8 Å². The van der Waals surface area contributed by atoms with Gasteiger partial charge < -0.3 is 29.2 Å². The highest BCUT2D eigenvalue weighted by Crippen LogP contribution is 2.43. The fourth-order valence-corrected chi connectivity index (χ4v) is 12.6. The molecule has 2 aromatic heterocycles. The first-order valence-corrected chi connectivity index (χ1v) is 29.6. The first kappa shape index (κ1) is 62.6. The Balaban J connectivity index is 0.00000288. The van der Waals surface area contributed by atoms with Crippen LogP contribution in [0.3, 0.4) is 0 Å². The molecule has 4 atom stereocenters. The van der Waals surface area contributed by atoms with Crippen LogP contribution in [0.5, 0.6) is 23.0 Å². The number of likely N-dealkylation sites (tertiary alicyclic amines) is 2. The van der Waals surface area contributed by atoms with Gasteiger partial charge in [-0.1, -0.05) is 132 Å². The van der Waals surface area contributed by atoms with Crippen molar-refractivity contribution < 1.29 is 38.7 Å². The third-order valence-electron chi connectivity index (χ3n) is 15.9. The molecule has 0 radical (unpaired) electrons. The summed E-state index contributed by atoms with van der Waals surface area (Å²) in [5.74, 6) is 0.972. The zero-order valence-electron chi connectivity index (χ0n) is 47.9. The Morgan fingerprint density at radius 2 is 1.08 bits per heavy atom. The van der Waals surface area contributed by atoms with E-state index in [-0.39, 0.29) is 44.7 Å². The van der Waals surface area contributed by atoms with Gasteiger partial charge in [-0.05, 0) is 113 Å². The van der Waals surface area contributed by atoms with E-state index in [4.69, 9.17) is 75.3 Å². The summed E-state index contributed by atoms with van der Waals surface area (Å²) < 4.78 is 26.3. The van der Waals surface area contributed by atoms with E-state index < -0.39 is 11.9 Å². The van der Waals surface area contributed by atoms with Crippen molar-refractivity contribution >= 4 is 58.8 Å². The molecule has 0 amide bonds. The molecule has 8 aromatic rings. The summed E-state index contributed by atoms with van der Waals surface area (Å²) in [6, 6.07) is 41.4. The van der Waals surface area contributed by atoms with Gasteiger partial charge in [0.05, 0.1) is 21.5 Å². The van der Waals surface area contributed by atoms with Crippen LogP contribution in [0.15, 0.2) is 159 Å². The van der Waals surface area contributed by atoms with Crippen molar-refractivity contribution in [1.29, 1.82) is 5.26 Å². The van der Waals surface area contributed by atoms with Crippen LogP contribution in [0, 0.1) is 37.0 Å². The summed E-state index contributed by atoms with van der Waals surface area (Å²) in [6.07, 6.45) is 9.34. The number of aromatic nitrogens is 2. The van der Waals surface area contributed by atoms with Gasteiger partial charge in [-0.25, -0.2) is 0 Å². The Hall–Kier alpha value is -7.93. The quantitative estimate of drug-likeness (QED) is 0.0486. The predicted molar refractivity (Wildman–Crippen MR) is 337 cm³/mol. The number of benzene rings is 6. The van der Waals surface area contributed by atoms with E-state index in [1.54, 1.807) is 24.5 Å². The highest BCUT2D eigenvalue weighted by atomic mass is 35.5. The first-order valence-electron chi connectivity index (χ1n) is 28.1. The van der Waals surface area contributed by atoms with Gasteiger partial charge in [0.15, 0.2) is 0 Å². The number of rotatable bonds is 22. The molecular weight excluding hydrogens is 1170 g/mol. The topological polar surface area (TPSA) is 168 Å². The van der Waals surface area contributed by atoms with Gasteiger partial charge in [0.2, 0.25) is 0 Å². The van der Waals surface area contributed by atoms with E-state index in [1.807, 2.05) is 91.1 Å². The molecule has 4 unspecified atom stereocenters. The Kier molecular flexibility index (Phi) is 21.4. The summed E-state index contributed by atoms with van der Waals surface area (Å²) in [5, 5.41) is 29.0. The molecule has 10 rings (SSSR count). The minimum Gasteiger partial charge on any atom is -0.488 e. The maximum atomic E-state index is 12.6. The highest BCUT2D eigenvalue weighted by molar-refractivity contribution is 6.33. The van der Waals surface area contributed by atoms with Crippen LogP contribution in [0.4, 0.5) is 0 Å². The number of hydrogen-bond donors (Lipinski definition) is 2. The van der Waals surface area contributed by atoms with E-state index in [0.717, 1.165) is 90.4 Å². The van der Waals surface area contributed by atoms with Crippen molar-refractivity contribution in [2.75, 3.05) is 26.2 Å². The zero-order chi connectivity index (χ0) is 60.9. The summed E-state index contributed by atoms with van der Waals surface area (Å²) in [4.78, 5) is 34.2. The zero-order valence-corrected chi connectivity index (χ0v) is 50.9. The van der Waals surface area contributed by atoms with Crippen molar-refractivity contribution in [3.05, 3.63) is 246 Å². The number of pyridine rings is 2. The molecule has 0 spiro atoms. The highest BCUT2D eigenvalue weighted by Gasteiger charge is 2.40. The summed E-state index contributed by atoms with van der Waals surface area (Å²) in [6.45, 7) is 14.5. The molecule has 2 aliphatic rings. The number of carbonyl (C=O) groups is 2. The number of allylic oxidation sites excluding steroid dienone is 1. The molecule has 2 saturated heterocycles. The van der Waals surface area contributed by atoms with Crippen LogP contribution in [-0.2, 0) is 55.5 Å². The molecule has 0 aliphatic carbocycles. The Morgan fingerprint density at radius 1 is 0.605 bits per heavy atom. The Morgan fingerprint density at radius 3 is 1.60 bits per heavy atom. The van der Waals surface area contributed by atoms with E-state index in [1.165, 1.54) is 6.20 Å². The molecule has 13 nitrogen and oxygen atoms in total. The number of halogens is 4. The van der Waals surface area contributed by atoms with Crippen LogP contribution < -0.4 is 18.9 Å². The van der Waals surface area contributed by atoms with Gasteiger partial charge in [-0.15, -0.1) is 6.58 Å². The van der Waals surface area contributed by atoms with Gasteiger partial charge in [-0.2, -0.15) is 5.26 Å². The molecule has 4 heterocycles. The maximum Gasteiger partial charge on any atom is 0.308 e. The molecule has 6 aromatic carbocycles. The van der Waals surface area contributed by atoms with Crippen LogP contribution in [0.1, 0.15) is 85.5 Å². The fourth-order valence-electron chi connectivity index (χ4n) is 11.5. The molecule has 86 heavy (non-hydrogen) atoms. The van der Waals surface area contributed by atoms with Crippen LogP contribution in [0.2, 0.25) is 20.1 Å². The lowest BCUT2D eigenvalue weighted by molar-refractivity contribution is -0.141. The minimum absolute atomic E-state index is 0.197. The number of hydrogen-bond acceptors (Lipinski definition) is 11. The lowest BCUT2D eigenvalue weighted by atomic mass is 9.89. The van der Waals surface area contributed by atoms with Gasteiger partial charge in [0.25, 0.3) is 6.47 Å². The lowest BCUT2D eigenvalue weighted by Crippen LogP contribution is -2.23. The van der Waals surface area contributed by atoms with Crippen molar-refractivity contribution in [3.63, 3.8) is 0 Å². The van der Waals surface area contributed by atoms with Crippen LogP contribution in [0.25, 0.3) is 11.1 Å². The van der Waals surface area contributed by atoms with E-state index >= 15 is 0 Å². The number of aliphatic carboxylic acids is 1. The number of nitriles is 1. The van der Waals surface area contributed by atoms with Crippen LogP contribution in [-0.4, -0.2) is 68.6 Å². The lowest BCUT2D eigenvalue weighted by Gasteiger charge is -2.21. The summed E-state index contributed by atoms with van der Waals surface area (Å²) in [7, 11) is 0. The second-order valence-electron chi connectivity index (χ2n) is 21.7. The average molecular weight is 1230 g/mol. The monoisotopic (exact) mass is 1230 g/mol. The van der Waals surface area contributed by atoms with Crippen molar-refractivity contribution in [2.45, 2.75) is 78.5 Å². The SMILES string of the molecule is C=CCc1cncc(COc2cc(OCc3cccc(-c4cccc(COc5cc(OCc6cncc(C#N)c6)c(CN6CC(C)C(c7ccccc7Cl)C6)cc5Cl)c4C)c3C)c(Cl)cc2CN2CC(C(=O)O)C(c3ccccc3Cl)C2)c1.O=CO.